The van der Waals surface area contributed by atoms with Gasteiger partial charge in [0.25, 0.3) is 0 Å². The zero-order chi connectivity index (χ0) is 17.2. The van der Waals surface area contributed by atoms with Crippen molar-refractivity contribution in [3.63, 3.8) is 0 Å². The molecule has 0 saturated heterocycles. The molecule has 0 aliphatic rings. The maximum atomic E-state index is 13.1. The highest BCUT2D eigenvalue weighted by atomic mass is 19.4. The predicted octanol–water partition coefficient (Wildman–Crippen LogP) is 4.03. The average Bonchev–Trinajstić information content (AvgIpc) is 3.02. The van der Waals surface area contributed by atoms with Crippen LogP contribution in [0.5, 0.6) is 0 Å². The van der Waals surface area contributed by atoms with Crippen molar-refractivity contribution in [3.05, 3.63) is 89.5 Å². The molecule has 2 aromatic carbocycles. The van der Waals surface area contributed by atoms with Gasteiger partial charge in [0, 0.05) is 18.9 Å². The van der Waals surface area contributed by atoms with Crippen LogP contribution >= 0.6 is 0 Å². The third-order valence-corrected chi connectivity index (χ3v) is 3.77. The summed E-state index contributed by atoms with van der Waals surface area (Å²) in [7, 11) is 0. The van der Waals surface area contributed by atoms with Crippen molar-refractivity contribution in [1.29, 1.82) is 0 Å². The summed E-state index contributed by atoms with van der Waals surface area (Å²) in [5.74, 6) is 0.304. The van der Waals surface area contributed by atoms with Crippen LogP contribution in [-0.2, 0) is 12.7 Å². The van der Waals surface area contributed by atoms with E-state index in [-0.39, 0.29) is 12.1 Å². The van der Waals surface area contributed by atoms with Gasteiger partial charge in [0.05, 0.1) is 5.56 Å². The highest BCUT2D eigenvalue weighted by Crippen LogP contribution is 2.32. The van der Waals surface area contributed by atoms with Crippen molar-refractivity contribution in [2.75, 3.05) is 0 Å². The normalized spacial score (nSPS) is 13.0. The number of rotatable bonds is 4. The molecular weight excluding hydrogens is 317 g/mol. The third kappa shape index (κ3) is 3.33. The van der Waals surface area contributed by atoms with Crippen LogP contribution in [-0.4, -0.2) is 14.7 Å². The van der Waals surface area contributed by atoms with Gasteiger partial charge in [0.15, 0.2) is 0 Å². The Morgan fingerprint density at radius 2 is 1.67 bits per heavy atom. The van der Waals surface area contributed by atoms with E-state index < -0.39 is 17.8 Å². The van der Waals surface area contributed by atoms with Crippen molar-refractivity contribution in [3.8, 4) is 0 Å². The zero-order valence-electron chi connectivity index (χ0n) is 12.6. The molecular formula is C18H15F3N2O. The molecule has 0 unspecified atom stereocenters. The molecule has 6 heteroatoms. The first-order chi connectivity index (χ1) is 11.5. The van der Waals surface area contributed by atoms with E-state index in [4.69, 9.17) is 0 Å². The molecule has 0 saturated carbocycles. The minimum Gasteiger partial charge on any atom is -0.380 e. The third-order valence-electron chi connectivity index (χ3n) is 3.77. The molecule has 1 heterocycles. The smallest absolute Gasteiger partial charge is 0.380 e. The summed E-state index contributed by atoms with van der Waals surface area (Å²) < 4.78 is 40.9. The summed E-state index contributed by atoms with van der Waals surface area (Å²) in [5.41, 5.74) is 0.0809. The minimum absolute atomic E-state index is 0.0189. The molecule has 3 nitrogen and oxygen atoms in total. The van der Waals surface area contributed by atoms with E-state index in [0.717, 1.165) is 6.07 Å². The minimum atomic E-state index is -4.42. The van der Waals surface area contributed by atoms with Gasteiger partial charge < -0.3 is 9.67 Å². The Morgan fingerprint density at radius 1 is 1.00 bits per heavy atom. The van der Waals surface area contributed by atoms with Gasteiger partial charge in [-0.2, -0.15) is 13.2 Å². The number of hydrogen-bond acceptors (Lipinski definition) is 2. The largest absolute Gasteiger partial charge is 0.416 e. The van der Waals surface area contributed by atoms with E-state index in [2.05, 4.69) is 4.98 Å². The number of benzene rings is 2. The van der Waals surface area contributed by atoms with Crippen LogP contribution < -0.4 is 0 Å². The molecule has 124 valence electrons. The number of aliphatic hydroxyl groups excluding tert-OH is 1. The quantitative estimate of drug-likeness (QED) is 0.783. The van der Waals surface area contributed by atoms with Crippen LogP contribution in [0.3, 0.4) is 0 Å². The Labute approximate surface area is 137 Å². The van der Waals surface area contributed by atoms with Crippen LogP contribution in [0.15, 0.2) is 67.0 Å². The van der Waals surface area contributed by atoms with E-state index in [1.807, 2.05) is 6.07 Å². The number of hydrogen-bond donors (Lipinski definition) is 1. The van der Waals surface area contributed by atoms with Crippen molar-refractivity contribution in [2.24, 2.45) is 0 Å². The second-order valence-electron chi connectivity index (χ2n) is 5.38. The van der Waals surface area contributed by atoms with Crippen LogP contribution in [0.2, 0.25) is 0 Å². The van der Waals surface area contributed by atoms with Gasteiger partial charge in [-0.25, -0.2) is 4.98 Å². The van der Waals surface area contributed by atoms with E-state index in [1.165, 1.54) is 22.9 Å². The summed E-state index contributed by atoms with van der Waals surface area (Å²) in [6.07, 6.45) is -2.39. The lowest BCUT2D eigenvalue weighted by Gasteiger charge is -2.16. The number of nitrogens with zero attached hydrogens (tertiary/aromatic N) is 2. The van der Waals surface area contributed by atoms with Crippen LogP contribution in [0.1, 0.15) is 28.6 Å². The summed E-state index contributed by atoms with van der Waals surface area (Å²) in [6.45, 7) is -0.0189. The van der Waals surface area contributed by atoms with E-state index in [1.54, 1.807) is 36.5 Å². The van der Waals surface area contributed by atoms with Gasteiger partial charge in [-0.05, 0) is 17.2 Å². The second kappa shape index (κ2) is 6.49. The fourth-order valence-electron chi connectivity index (χ4n) is 2.60. The van der Waals surface area contributed by atoms with Crippen molar-refractivity contribution < 1.29 is 18.3 Å². The lowest BCUT2D eigenvalue weighted by atomic mass is 10.1. The number of aliphatic hydroxyl groups is 1. The summed E-state index contributed by atoms with van der Waals surface area (Å²) in [5, 5.41) is 10.5. The molecule has 1 atom stereocenters. The molecule has 0 aliphatic carbocycles. The molecule has 0 spiro atoms. The topological polar surface area (TPSA) is 38.1 Å². The molecule has 0 aliphatic heterocycles. The number of aromatic nitrogens is 2. The molecule has 0 bridgehead atoms. The molecule has 0 amide bonds. The van der Waals surface area contributed by atoms with E-state index in [9.17, 15) is 18.3 Å². The second-order valence-corrected chi connectivity index (χ2v) is 5.38. The Hall–Kier alpha value is -2.60. The highest BCUT2D eigenvalue weighted by Gasteiger charge is 2.33. The Bertz CT molecular complexity index is 812. The molecule has 0 fully saturated rings. The summed E-state index contributed by atoms with van der Waals surface area (Å²) >= 11 is 0. The monoisotopic (exact) mass is 332 g/mol. The van der Waals surface area contributed by atoms with Gasteiger partial charge >= 0.3 is 6.18 Å². The molecule has 24 heavy (non-hydrogen) atoms. The predicted molar refractivity (Wildman–Crippen MR) is 83.3 cm³/mol. The van der Waals surface area contributed by atoms with Crippen molar-refractivity contribution >= 4 is 0 Å². The van der Waals surface area contributed by atoms with Crippen molar-refractivity contribution in [1.82, 2.24) is 9.55 Å². The van der Waals surface area contributed by atoms with E-state index >= 15 is 0 Å². The molecule has 0 radical (unpaired) electrons. The average molecular weight is 332 g/mol. The summed E-state index contributed by atoms with van der Waals surface area (Å²) in [6, 6.07) is 14.3. The van der Waals surface area contributed by atoms with Gasteiger partial charge in [-0.3, -0.25) is 0 Å². The lowest BCUT2D eigenvalue weighted by Crippen LogP contribution is -2.14. The number of alkyl halides is 3. The molecule has 1 aromatic heterocycles. The molecule has 3 aromatic rings. The zero-order valence-corrected chi connectivity index (χ0v) is 12.6. The highest BCUT2D eigenvalue weighted by molar-refractivity contribution is 5.31. The first kappa shape index (κ1) is 16.3. The van der Waals surface area contributed by atoms with Crippen LogP contribution in [0.4, 0.5) is 13.2 Å². The maximum Gasteiger partial charge on any atom is 0.416 e. The fraction of sp³-hybridized carbons (Fsp3) is 0.167. The molecule has 3 rings (SSSR count). The lowest BCUT2D eigenvalue weighted by molar-refractivity contribution is -0.138. The van der Waals surface area contributed by atoms with Crippen LogP contribution in [0.25, 0.3) is 0 Å². The molecule has 1 N–H and O–H groups in total. The van der Waals surface area contributed by atoms with Gasteiger partial charge in [0.1, 0.15) is 11.9 Å². The standard InChI is InChI=1S/C18H15F3N2O/c19-18(20,21)15-9-5-4-8-14(15)12-23-11-10-22-17(23)16(24)13-6-2-1-3-7-13/h1-11,16,24H,12H2/t16-/m0/s1. The SMILES string of the molecule is O[C@@H](c1ccccc1)c1nccn1Cc1ccccc1C(F)(F)F. The number of imidazole rings is 1. The van der Waals surface area contributed by atoms with Gasteiger partial charge in [-0.1, -0.05) is 48.5 Å². The van der Waals surface area contributed by atoms with Crippen molar-refractivity contribution in [2.45, 2.75) is 18.8 Å². The van der Waals surface area contributed by atoms with Gasteiger partial charge in [-0.15, -0.1) is 0 Å². The Morgan fingerprint density at radius 3 is 2.38 bits per heavy atom. The maximum absolute atomic E-state index is 13.1. The first-order valence-electron chi connectivity index (χ1n) is 7.36. The summed E-state index contributed by atoms with van der Waals surface area (Å²) in [4.78, 5) is 4.11. The number of halogens is 3. The Balaban J connectivity index is 1.93. The van der Waals surface area contributed by atoms with E-state index in [0.29, 0.717) is 11.4 Å². The Kier molecular flexibility index (Phi) is 4.40. The first-order valence-corrected chi connectivity index (χ1v) is 7.36. The van der Waals surface area contributed by atoms with Gasteiger partial charge in [0.2, 0.25) is 0 Å². The van der Waals surface area contributed by atoms with Crippen LogP contribution in [0, 0.1) is 0 Å². The fourth-order valence-corrected chi connectivity index (χ4v) is 2.60.